The molecule has 0 aliphatic carbocycles. The van der Waals surface area contributed by atoms with Crippen molar-refractivity contribution in [1.82, 2.24) is 20.3 Å². The molecule has 0 atom stereocenters. The minimum atomic E-state index is -3.11. The molecule has 0 unspecified atom stereocenters. The number of aryl methyl sites for hydroxylation is 1. The Morgan fingerprint density at radius 2 is 1.55 bits per heavy atom. The van der Waals surface area contributed by atoms with Crippen molar-refractivity contribution in [1.29, 1.82) is 0 Å². The fourth-order valence-electron chi connectivity index (χ4n) is 2.31. The smallest absolute Gasteiger partial charge is 0.350 e. The Hall–Kier alpha value is -2.57. The van der Waals surface area contributed by atoms with E-state index in [1.807, 2.05) is 50.4 Å². The fourth-order valence-corrected chi connectivity index (χ4v) is 2.31. The van der Waals surface area contributed by atoms with Gasteiger partial charge in [0.1, 0.15) is 0 Å². The molecule has 4 N–H and O–H groups in total. The minimum absolute atomic E-state index is 0. The third kappa shape index (κ3) is 10.9. The summed E-state index contributed by atoms with van der Waals surface area (Å²) in [6, 6.07) is 19.1. The summed E-state index contributed by atoms with van der Waals surface area (Å²) in [6.45, 7) is 3.21. The Bertz CT molecular complexity index is 1050. The number of aromatic nitrogens is 3. The molecule has 1 heterocycles. The zero-order valence-electron chi connectivity index (χ0n) is 17.5. The Balaban J connectivity index is 0.000000885. The average Bonchev–Trinajstić information content (AvgIpc) is 2.71. The summed E-state index contributed by atoms with van der Waals surface area (Å²) in [4.78, 5) is 13.3. The first-order chi connectivity index (χ1) is 14.5. The topological polar surface area (TPSA) is 138 Å². The molecule has 158 valence electrons. The van der Waals surface area contributed by atoms with Gasteiger partial charge < -0.3 is 21.3 Å². The van der Waals surface area contributed by atoms with E-state index in [1.165, 1.54) is 0 Å². The van der Waals surface area contributed by atoms with Crippen molar-refractivity contribution in [3.63, 3.8) is 0 Å². The molecule has 10 nitrogen and oxygen atoms in total. The number of hydrogen-bond donors (Lipinski definition) is 4. The van der Waals surface area contributed by atoms with Crippen molar-refractivity contribution in [3.05, 3.63) is 65.7 Å². The maximum atomic E-state index is 8.44. The van der Waals surface area contributed by atoms with E-state index in [-0.39, 0.29) is 29.6 Å². The molecular weight excluding hydrogens is 429 g/mol. The van der Waals surface area contributed by atoms with E-state index in [2.05, 4.69) is 54.4 Å². The predicted molar refractivity (Wildman–Crippen MR) is 114 cm³/mol. The molecule has 0 radical (unpaired) electrons. The molecule has 2 aromatic carbocycles. The normalized spacial score (nSPS) is 9.48. The molecule has 12 heteroatoms. The molecule has 31 heavy (non-hydrogen) atoms. The standard InChI is InChI=1S/C19H22N7.Na.O3S/c1-14-7-6-10-16(11-14)23-19-25-17(24-18(26-19)22-13-20-2)21-12-15-8-4-3-5-9-15;;1-4(2)3/h3-9,11,20H,12-13H2,1-2H3,(H3,21,22,23,24,25,26);;/q-1;+1;. The van der Waals surface area contributed by atoms with Gasteiger partial charge in [-0.25, -0.2) is 0 Å². The van der Waals surface area contributed by atoms with Gasteiger partial charge in [0.15, 0.2) is 0 Å². The van der Waals surface area contributed by atoms with Gasteiger partial charge in [0, 0.05) is 6.54 Å². The Morgan fingerprint density at radius 1 is 0.935 bits per heavy atom. The summed E-state index contributed by atoms with van der Waals surface area (Å²) in [5.74, 6) is 1.44. The van der Waals surface area contributed by atoms with Gasteiger partial charge in [-0.15, -0.1) is 18.7 Å². The van der Waals surface area contributed by atoms with Crippen LogP contribution in [-0.2, 0) is 17.2 Å². The van der Waals surface area contributed by atoms with Crippen LogP contribution in [0.1, 0.15) is 11.1 Å². The van der Waals surface area contributed by atoms with Crippen molar-refractivity contribution in [2.24, 2.45) is 0 Å². The maximum Gasteiger partial charge on any atom is 1.00 e. The summed E-state index contributed by atoms with van der Waals surface area (Å²) >= 11 is 0. The van der Waals surface area contributed by atoms with Crippen LogP contribution in [0.2, 0.25) is 0 Å². The number of benzene rings is 2. The van der Waals surface area contributed by atoms with E-state index in [0.717, 1.165) is 16.8 Å². The number of hydrogen-bond acceptors (Lipinski definition) is 10. The second-order valence-corrected chi connectivity index (χ2v) is 6.37. The first-order valence-corrected chi connectivity index (χ1v) is 9.90. The summed E-state index contributed by atoms with van der Waals surface area (Å²) in [5, 5.41) is 12.5. The third-order valence-electron chi connectivity index (χ3n) is 3.56. The van der Waals surface area contributed by atoms with Crippen LogP contribution in [0, 0.1) is 13.0 Å². The Morgan fingerprint density at radius 3 is 2.16 bits per heavy atom. The van der Waals surface area contributed by atoms with Crippen LogP contribution in [0.5, 0.6) is 0 Å². The van der Waals surface area contributed by atoms with Crippen LogP contribution >= 0.6 is 0 Å². The zero-order valence-corrected chi connectivity index (χ0v) is 20.3. The first-order valence-electron chi connectivity index (χ1n) is 8.90. The Labute approximate surface area is 204 Å². The van der Waals surface area contributed by atoms with Gasteiger partial charge >= 0.3 is 40.2 Å². The zero-order chi connectivity index (χ0) is 21.8. The van der Waals surface area contributed by atoms with Crippen molar-refractivity contribution in [3.8, 4) is 0 Å². The van der Waals surface area contributed by atoms with Gasteiger partial charge in [-0.05, 0) is 12.6 Å². The number of nitrogens with one attached hydrogen (secondary N) is 4. The van der Waals surface area contributed by atoms with Crippen molar-refractivity contribution >= 4 is 34.1 Å². The predicted octanol–water partition coefficient (Wildman–Crippen LogP) is -1.08. The van der Waals surface area contributed by atoms with Crippen LogP contribution in [0.4, 0.5) is 23.5 Å². The summed E-state index contributed by atoms with van der Waals surface area (Å²) < 4.78 is 25.3. The largest absolute Gasteiger partial charge is 1.00 e. The quantitative estimate of drug-likeness (QED) is 0.190. The second kappa shape index (κ2) is 14.4. The molecule has 3 aromatic rings. The summed E-state index contributed by atoms with van der Waals surface area (Å²) in [7, 11) is -1.26. The molecule has 0 bridgehead atoms. The van der Waals surface area contributed by atoms with Crippen LogP contribution in [-0.4, -0.2) is 41.3 Å². The molecule has 0 saturated carbocycles. The molecular formula is C19H22N7NaO3S. The van der Waals surface area contributed by atoms with E-state index in [4.69, 9.17) is 12.6 Å². The first kappa shape index (κ1) is 26.5. The minimum Gasteiger partial charge on any atom is -0.350 e. The molecule has 3 rings (SSSR count). The summed E-state index contributed by atoms with van der Waals surface area (Å²) in [6.07, 6.45) is 0. The number of nitrogens with zero attached hydrogens (tertiary/aromatic N) is 3. The third-order valence-corrected chi connectivity index (χ3v) is 3.56. The molecule has 1 aromatic heterocycles. The summed E-state index contributed by atoms with van der Waals surface area (Å²) in [5.41, 5.74) is 3.10. The van der Waals surface area contributed by atoms with Crippen LogP contribution in [0.3, 0.4) is 0 Å². The van der Waals surface area contributed by atoms with Gasteiger partial charge in [-0.2, -0.15) is 38.7 Å². The second-order valence-electron chi connectivity index (χ2n) is 5.96. The number of anilines is 4. The molecule has 0 spiro atoms. The number of rotatable bonds is 8. The molecule has 0 aliphatic rings. The van der Waals surface area contributed by atoms with E-state index in [9.17, 15) is 0 Å². The van der Waals surface area contributed by atoms with E-state index >= 15 is 0 Å². The van der Waals surface area contributed by atoms with Gasteiger partial charge in [0.05, 0.1) is 6.67 Å². The van der Waals surface area contributed by atoms with E-state index < -0.39 is 10.6 Å². The van der Waals surface area contributed by atoms with Crippen molar-refractivity contribution in [2.45, 2.75) is 13.5 Å². The monoisotopic (exact) mass is 451 g/mol. The van der Waals surface area contributed by atoms with E-state index in [0.29, 0.717) is 31.1 Å². The van der Waals surface area contributed by atoms with Crippen molar-refractivity contribution in [2.75, 3.05) is 29.7 Å². The van der Waals surface area contributed by atoms with Crippen LogP contribution in [0.25, 0.3) is 0 Å². The van der Waals surface area contributed by atoms with Crippen LogP contribution in [0.15, 0.2) is 48.5 Å². The van der Waals surface area contributed by atoms with Gasteiger partial charge in [-0.1, -0.05) is 42.9 Å². The molecule has 0 aliphatic heterocycles. The van der Waals surface area contributed by atoms with Crippen molar-refractivity contribution < 1.29 is 42.2 Å². The van der Waals surface area contributed by atoms with Gasteiger partial charge in [-0.3, -0.25) is 0 Å². The maximum absolute atomic E-state index is 8.44. The Kier molecular flexibility index (Phi) is 12.3. The van der Waals surface area contributed by atoms with E-state index in [1.54, 1.807) is 0 Å². The van der Waals surface area contributed by atoms with Gasteiger partial charge in [0.2, 0.25) is 17.8 Å². The average molecular weight is 451 g/mol. The SMILES string of the molecule is CNCNc1nc(NCc2ccccc2)nc(Nc2[c-]ccc(C)c2)n1.O=S(=O)=O.[Na+]. The molecule has 0 fully saturated rings. The molecule has 0 amide bonds. The van der Waals surface area contributed by atoms with Crippen LogP contribution < -0.4 is 50.8 Å². The molecule has 0 saturated heterocycles. The fraction of sp³-hybridized carbons (Fsp3) is 0.211. The van der Waals surface area contributed by atoms with Gasteiger partial charge in [0.25, 0.3) is 0 Å².